The number of amides is 1. The Bertz CT molecular complexity index is 323. The summed E-state index contributed by atoms with van der Waals surface area (Å²) in [4.78, 5) is 11.1. The second kappa shape index (κ2) is 4.20. The highest BCUT2D eigenvalue weighted by atomic mass is 16.5. The predicted molar refractivity (Wildman–Crippen MR) is 58.1 cm³/mol. The van der Waals surface area contributed by atoms with Gasteiger partial charge in [0.05, 0.1) is 24.9 Å². The van der Waals surface area contributed by atoms with Crippen LogP contribution in [0.5, 0.6) is 0 Å². The summed E-state index contributed by atoms with van der Waals surface area (Å²) in [5, 5.41) is 31.9. The van der Waals surface area contributed by atoms with Crippen molar-refractivity contribution in [2.45, 2.75) is 50.2 Å². The summed E-state index contributed by atoms with van der Waals surface area (Å²) in [6.45, 7) is 2.94. The van der Waals surface area contributed by atoms with E-state index in [0.717, 1.165) is 0 Å². The van der Waals surface area contributed by atoms with E-state index in [4.69, 9.17) is 9.84 Å². The van der Waals surface area contributed by atoms with Crippen molar-refractivity contribution in [3.8, 4) is 0 Å². The van der Waals surface area contributed by atoms with Crippen LogP contribution < -0.4 is 5.32 Å². The first-order valence-corrected chi connectivity index (χ1v) is 5.90. The molecule has 1 saturated carbocycles. The molecule has 2 fully saturated rings. The molecular formula is C11H19NO5. The largest absolute Gasteiger partial charge is 0.394 e. The molecule has 6 nitrogen and oxygen atoms in total. The van der Waals surface area contributed by atoms with E-state index in [9.17, 15) is 15.0 Å². The Hall–Kier alpha value is -0.690. The average molecular weight is 245 g/mol. The standard InChI is InChI=1S/C11H19NO5/c1-3-6-9(12-5(2)14)8-10(15)11(8,16)7(4-13)17-6/h6-10,13,15-16H,3-4H2,1-2H3,(H,12,14)/t6-,7?,8-,9?,10?,11?/m0/s1. The first-order chi connectivity index (χ1) is 7.96. The Morgan fingerprint density at radius 1 is 1.53 bits per heavy atom. The number of hydrogen-bond acceptors (Lipinski definition) is 5. The average Bonchev–Trinajstić information content (AvgIpc) is 2.82. The highest BCUT2D eigenvalue weighted by Crippen LogP contribution is 2.54. The molecule has 2 aliphatic rings. The number of nitrogens with one attached hydrogen (secondary N) is 1. The van der Waals surface area contributed by atoms with E-state index in [1.165, 1.54) is 6.92 Å². The van der Waals surface area contributed by atoms with Crippen LogP contribution in [0.15, 0.2) is 0 Å². The third-order valence-corrected chi connectivity index (χ3v) is 3.82. The Balaban J connectivity index is 2.20. The van der Waals surface area contributed by atoms with E-state index in [1.807, 2.05) is 6.92 Å². The van der Waals surface area contributed by atoms with Gasteiger partial charge >= 0.3 is 0 Å². The van der Waals surface area contributed by atoms with Crippen LogP contribution in [0.3, 0.4) is 0 Å². The van der Waals surface area contributed by atoms with Crippen LogP contribution in [-0.4, -0.2) is 57.8 Å². The van der Waals surface area contributed by atoms with E-state index in [0.29, 0.717) is 6.42 Å². The van der Waals surface area contributed by atoms with Gasteiger partial charge in [-0.2, -0.15) is 0 Å². The second-order valence-electron chi connectivity index (χ2n) is 4.84. The Kier molecular flexibility index (Phi) is 3.15. The second-order valence-corrected chi connectivity index (χ2v) is 4.84. The van der Waals surface area contributed by atoms with Gasteiger partial charge in [-0.05, 0) is 6.42 Å². The van der Waals surface area contributed by atoms with Crippen LogP contribution in [0.4, 0.5) is 0 Å². The lowest BCUT2D eigenvalue weighted by Crippen LogP contribution is -2.56. The fourth-order valence-electron chi connectivity index (χ4n) is 2.88. The van der Waals surface area contributed by atoms with Crippen molar-refractivity contribution >= 4 is 5.91 Å². The third kappa shape index (κ3) is 1.76. The van der Waals surface area contributed by atoms with Gasteiger partial charge in [-0.25, -0.2) is 0 Å². The lowest BCUT2D eigenvalue weighted by molar-refractivity contribution is -0.162. The molecule has 4 unspecified atom stereocenters. The molecule has 1 amide bonds. The zero-order valence-electron chi connectivity index (χ0n) is 9.96. The van der Waals surface area contributed by atoms with Crippen molar-refractivity contribution in [1.29, 1.82) is 0 Å². The number of ether oxygens (including phenoxy) is 1. The molecule has 1 aliphatic carbocycles. The van der Waals surface area contributed by atoms with Crippen LogP contribution in [0.25, 0.3) is 0 Å². The Labute approximate surface area is 99.6 Å². The summed E-state index contributed by atoms with van der Waals surface area (Å²) in [5.74, 6) is -0.678. The van der Waals surface area contributed by atoms with Gasteiger partial charge in [0.15, 0.2) is 0 Å². The van der Waals surface area contributed by atoms with Gasteiger partial charge in [0.1, 0.15) is 11.7 Å². The van der Waals surface area contributed by atoms with Crippen LogP contribution >= 0.6 is 0 Å². The monoisotopic (exact) mass is 245 g/mol. The van der Waals surface area contributed by atoms with Crippen molar-refractivity contribution in [3.63, 3.8) is 0 Å². The minimum Gasteiger partial charge on any atom is -0.394 e. The first-order valence-electron chi connectivity index (χ1n) is 5.90. The highest BCUT2D eigenvalue weighted by Gasteiger charge is 2.74. The Morgan fingerprint density at radius 3 is 2.65 bits per heavy atom. The minimum atomic E-state index is -1.42. The van der Waals surface area contributed by atoms with E-state index in [1.54, 1.807) is 0 Å². The first kappa shape index (κ1) is 12.8. The molecule has 98 valence electrons. The van der Waals surface area contributed by atoms with Crippen molar-refractivity contribution < 1.29 is 24.9 Å². The SMILES string of the molecule is CC[C@@H]1OC(CO)C2(O)C(O)[C@@H]2C1NC(C)=O. The number of rotatable bonds is 3. The number of aliphatic hydroxyl groups is 3. The molecule has 0 bridgehead atoms. The lowest BCUT2D eigenvalue weighted by atomic mass is 9.94. The maximum atomic E-state index is 11.1. The number of carbonyl (C=O) groups excluding carboxylic acids is 1. The molecule has 2 rings (SSSR count). The van der Waals surface area contributed by atoms with Crippen molar-refractivity contribution in [2.24, 2.45) is 5.92 Å². The summed E-state index contributed by atoms with van der Waals surface area (Å²) in [5.41, 5.74) is -1.42. The number of hydrogen-bond donors (Lipinski definition) is 4. The summed E-state index contributed by atoms with van der Waals surface area (Å²) in [6, 6.07) is -0.403. The maximum absolute atomic E-state index is 11.1. The molecular weight excluding hydrogens is 226 g/mol. The highest BCUT2D eigenvalue weighted by molar-refractivity contribution is 5.73. The molecule has 6 atom stereocenters. The van der Waals surface area contributed by atoms with E-state index >= 15 is 0 Å². The molecule has 1 aliphatic heterocycles. The maximum Gasteiger partial charge on any atom is 0.217 e. The van der Waals surface area contributed by atoms with Gasteiger partial charge < -0.3 is 25.4 Å². The summed E-state index contributed by atoms with van der Waals surface area (Å²) in [6.07, 6.45) is -1.38. The fraction of sp³-hybridized carbons (Fsp3) is 0.909. The predicted octanol–water partition coefficient (Wildman–Crippen LogP) is -1.62. The summed E-state index contributed by atoms with van der Waals surface area (Å²) in [7, 11) is 0. The molecule has 1 saturated heterocycles. The van der Waals surface area contributed by atoms with Crippen molar-refractivity contribution in [2.75, 3.05) is 6.61 Å². The molecule has 0 aromatic carbocycles. The number of aliphatic hydroxyl groups excluding tert-OH is 2. The molecule has 17 heavy (non-hydrogen) atoms. The topological polar surface area (TPSA) is 99.0 Å². The molecule has 4 N–H and O–H groups in total. The van der Waals surface area contributed by atoms with Gasteiger partial charge in [-0.1, -0.05) is 6.92 Å². The minimum absolute atomic E-state index is 0.221. The zero-order chi connectivity index (χ0) is 12.8. The molecule has 0 radical (unpaired) electrons. The molecule has 1 heterocycles. The smallest absolute Gasteiger partial charge is 0.217 e. The zero-order valence-corrected chi connectivity index (χ0v) is 9.96. The lowest BCUT2D eigenvalue weighted by Gasteiger charge is -2.37. The van der Waals surface area contributed by atoms with Gasteiger partial charge in [-0.15, -0.1) is 0 Å². The van der Waals surface area contributed by atoms with E-state index in [-0.39, 0.29) is 18.6 Å². The Morgan fingerprint density at radius 2 is 2.18 bits per heavy atom. The van der Waals surface area contributed by atoms with Crippen molar-refractivity contribution in [3.05, 3.63) is 0 Å². The molecule has 0 aromatic heterocycles. The van der Waals surface area contributed by atoms with Gasteiger partial charge in [0.2, 0.25) is 5.91 Å². The normalized spacial score (nSPS) is 48.4. The van der Waals surface area contributed by atoms with Gasteiger partial charge in [-0.3, -0.25) is 4.79 Å². The van der Waals surface area contributed by atoms with Crippen molar-refractivity contribution in [1.82, 2.24) is 5.32 Å². The van der Waals surface area contributed by atoms with E-state index in [2.05, 4.69) is 5.32 Å². The summed E-state index contributed by atoms with van der Waals surface area (Å²) < 4.78 is 5.55. The van der Waals surface area contributed by atoms with Gasteiger partial charge in [0.25, 0.3) is 0 Å². The van der Waals surface area contributed by atoms with Crippen LogP contribution in [0.1, 0.15) is 20.3 Å². The van der Waals surface area contributed by atoms with Gasteiger partial charge in [0, 0.05) is 12.8 Å². The van der Waals surface area contributed by atoms with Crippen LogP contribution in [-0.2, 0) is 9.53 Å². The molecule has 0 spiro atoms. The molecule has 6 heteroatoms. The third-order valence-electron chi connectivity index (χ3n) is 3.82. The summed E-state index contributed by atoms with van der Waals surface area (Å²) >= 11 is 0. The van der Waals surface area contributed by atoms with E-state index < -0.39 is 29.8 Å². The fourth-order valence-corrected chi connectivity index (χ4v) is 2.88. The van der Waals surface area contributed by atoms with Crippen LogP contribution in [0.2, 0.25) is 0 Å². The quantitative estimate of drug-likeness (QED) is 0.479. The number of carbonyl (C=O) groups is 1. The molecule has 0 aromatic rings. The van der Waals surface area contributed by atoms with Crippen LogP contribution in [0, 0.1) is 5.92 Å². The number of fused-ring (bicyclic) bond motifs is 1.